The van der Waals surface area contributed by atoms with E-state index < -0.39 is 23.8 Å². The molecule has 1 aromatic carbocycles. The van der Waals surface area contributed by atoms with Gasteiger partial charge in [0.2, 0.25) is 0 Å². The van der Waals surface area contributed by atoms with Crippen LogP contribution in [0.4, 0.5) is 17.6 Å². The number of hydrogen-bond acceptors (Lipinski definition) is 1. The summed E-state index contributed by atoms with van der Waals surface area (Å²) < 4.78 is 51.7. The van der Waals surface area contributed by atoms with Crippen LogP contribution in [-0.4, -0.2) is 12.0 Å². The molecule has 1 aromatic rings. The predicted octanol–water partition coefficient (Wildman–Crippen LogP) is 5.07. The fourth-order valence-electron chi connectivity index (χ4n) is 2.78. The minimum atomic E-state index is -4.23. The Labute approximate surface area is 128 Å². The highest BCUT2D eigenvalue weighted by molar-refractivity contribution is 9.10. The highest BCUT2D eigenvalue weighted by Gasteiger charge is 2.43. The van der Waals surface area contributed by atoms with E-state index in [1.54, 1.807) is 0 Å². The summed E-state index contributed by atoms with van der Waals surface area (Å²) in [5, 5.41) is 0. The molecule has 0 radical (unpaired) electrons. The first kappa shape index (κ1) is 16.5. The Morgan fingerprint density at radius 1 is 1.29 bits per heavy atom. The average Bonchev–Trinajstić information content (AvgIpc) is 2.41. The molecule has 1 fully saturated rings. The number of carbonyl (C=O) groups is 1. The van der Waals surface area contributed by atoms with Crippen molar-refractivity contribution in [3.63, 3.8) is 0 Å². The van der Waals surface area contributed by atoms with Gasteiger partial charge < -0.3 is 0 Å². The monoisotopic (exact) mass is 366 g/mol. The minimum Gasteiger partial charge on any atom is -0.299 e. The predicted molar refractivity (Wildman–Crippen MR) is 74.3 cm³/mol. The number of hydrogen-bond donors (Lipinski definition) is 0. The van der Waals surface area contributed by atoms with Gasteiger partial charge in [-0.15, -0.1) is 0 Å². The van der Waals surface area contributed by atoms with Crippen LogP contribution in [0.5, 0.6) is 0 Å². The van der Waals surface area contributed by atoms with Crippen LogP contribution >= 0.6 is 15.9 Å². The molecule has 0 aromatic heterocycles. The Balaban J connectivity index is 2.03. The summed E-state index contributed by atoms with van der Waals surface area (Å²) in [6.45, 7) is 0. The summed E-state index contributed by atoms with van der Waals surface area (Å²) in [5.74, 6) is -2.55. The molecule has 0 spiro atoms. The lowest BCUT2D eigenvalue weighted by atomic mass is 9.78. The van der Waals surface area contributed by atoms with Crippen molar-refractivity contribution < 1.29 is 22.4 Å². The van der Waals surface area contributed by atoms with E-state index in [0.717, 1.165) is 0 Å². The van der Waals surface area contributed by atoms with E-state index in [9.17, 15) is 22.4 Å². The average molecular weight is 367 g/mol. The molecular weight excluding hydrogens is 352 g/mol. The number of halogens is 5. The van der Waals surface area contributed by atoms with Gasteiger partial charge in [0.25, 0.3) is 0 Å². The summed E-state index contributed by atoms with van der Waals surface area (Å²) in [6.07, 6.45) is -3.28. The van der Waals surface area contributed by atoms with Crippen molar-refractivity contribution in [1.82, 2.24) is 0 Å². The molecule has 1 aliphatic carbocycles. The molecule has 1 saturated carbocycles. The summed E-state index contributed by atoms with van der Waals surface area (Å²) in [7, 11) is 0. The molecule has 21 heavy (non-hydrogen) atoms. The molecule has 2 atom stereocenters. The first-order valence-electron chi connectivity index (χ1n) is 6.80. The third-order valence-electron chi connectivity index (χ3n) is 3.97. The van der Waals surface area contributed by atoms with Gasteiger partial charge in [0, 0.05) is 16.8 Å². The molecule has 1 nitrogen and oxygen atoms in total. The highest BCUT2D eigenvalue weighted by Crippen LogP contribution is 2.40. The molecule has 0 bridgehead atoms. The van der Waals surface area contributed by atoms with Crippen LogP contribution in [0.25, 0.3) is 0 Å². The molecule has 116 valence electrons. The van der Waals surface area contributed by atoms with Gasteiger partial charge in [-0.1, -0.05) is 28.4 Å². The first-order chi connectivity index (χ1) is 9.77. The normalized spacial score (nSPS) is 23.1. The number of ketones is 1. The Morgan fingerprint density at radius 3 is 2.62 bits per heavy atom. The minimum absolute atomic E-state index is 0.0378. The van der Waals surface area contributed by atoms with Crippen molar-refractivity contribution in [2.75, 3.05) is 0 Å². The van der Waals surface area contributed by atoms with Gasteiger partial charge in [-0.05, 0) is 37.0 Å². The topological polar surface area (TPSA) is 17.1 Å². The largest absolute Gasteiger partial charge is 0.391 e. The second kappa shape index (κ2) is 6.46. The summed E-state index contributed by atoms with van der Waals surface area (Å²) in [5.41, 5.74) is 0.607. The number of carbonyl (C=O) groups excluding carboxylic acids is 1. The fourth-order valence-corrected chi connectivity index (χ4v) is 3.27. The van der Waals surface area contributed by atoms with E-state index in [0.29, 0.717) is 22.9 Å². The lowest BCUT2D eigenvalue weighted by molar-refractivity contribution is -0.186. The van der Waals surface area contributed by atoms with Gasteiger partial charge in [-0.25, -0.2) is 4.39 Å². The van der Waals surface area contributed by atoms with E-state index in [4.69, 9.17) is 0 Å². The molecule has 0 N–H and O–H groups in total. The molecule has 2 unspecified atom stereocenters. The Hall–Kier alpha value is -0.910. The first-order valence-corrected chi connectivity index (χ1v) is 7.60. The van der Waals surface area contributed by atoms with Crippen molar-refractivity contribution in [1.29, 1.82) is 0 Å². The molecular formula is C15H15BrF4O. The molecule has 0 amide bonds. The van der Waals surface area contributed by atoms with E-state index in [1.807, 2.05) is 0 Å². The van der Waals surface area contributed by atoms with Gasteiger partial charge >= 0.3 is 6.18 Å². The lowest BCUT2D eigenvalue weighted by Crippen LogP contribution is -2.32. The third kappa shape index (κ3) is 4.28. The van der Waals surface area contributed by atoms with Crippen molar-refractivity contribution >= 4 is 21.7 Å². The maximum atomic E-state index is 13.0. The summed E-state index contributed by atoms with van der Waals surface area (Å²) >= 11 is 3.17. The van der Waals surface area contributed by atoms with Gasteiger partial charge in [0.1, 0.15) is 11.6 Å². The number of Topliss-reactive ketones (excluding diaryl/α,β-unsaturated/α-hetero) is 1. The maximum absolute atomic E-state index is 13.0. The number of benzene rings is 1. The van der Waals surface area contributed by atoms with Crippen molar-refractivity contribution in [3.05, 3.63) is 34.1 Å². The summed E-state index contributed by atoms with van der Waals surface area (Å²) in [4.78, 5) is 12.2. The maximum Gasteiger partial charge on any atom is 0.391 e. The molecule has 6 heteroatoms. The number of rotatable bonds is 3. The van der Waals surface area contributed by atoms with Crippen LogP contribution in [0.3, 0.4) is 0 Å². The molecule has 0 aliphatic heterocycles. The lowest BCUT2D eigenvalue weighted by Gasteiger charge is -2.29. The zero-order valence-corrected chi connectivity index (χ0v) is 12.8. The second-order valence-corrected chi connectivity index (χ2v) is 6.34. The fraction of sp³-hybridized carbons (Fsp3) is 0.533. The van der Waals surface area contributed by atoms with E-state index in [2.05, 4.69) is 15.9 Å². The molecule has 2 rings (SSSR count). The van der Waals surface area contributed by atoms with Crippen LogP contribution in [0.2, 0.25) is 0 Å². The van der Waals surface area contributed by atoms with E-state index in [-0.39, 0.29) is 25.0 Å². The Kier molecular flexibility index (Phi) is 5.07. The molecule has 0 heterocycles. The van der Waals surface area contributed by atoms with Crippen molar-refractivity contribution in [2.45, 2.75) is 38.3 Å². The van der Waals surface area contributed by atoms with Gasteiger partial charge in [-0.3, -0.25) is 4.79 Å². The summed E-state index contributed by atoms with van der Waals surface area (Å²) in [6, 6.07) is 3.98. The standard InChI is InChI=1S/C15H15BrF4O/c16-13-8-12(17)5-4-9(13)7-14(21)10-2-1-3-11(6-10)15(18,19)20/h4-5,8,10-11H,1-3,6-7H2. The van der Waals surface area contributed by atoms with Crippen LogP contribution in [0.1, 0.15) is 31.2 Å². The van der Waals surface area contributed by atoms with Gasteiger partial charge in [-0.2, -0.15) is 13.2 Å². The Morgan fingerprint density at radius 2 is 2.00 bits per heavy atom. The van der Waals surface area contributed by atoms with Crippen molar-refractivity contribution in [3.8, 4) is 0 Å². The van der Waals surface area contributed by atoms with Crippen LogP contribution < -0.4 is 0 Å². The van der Waals surface area contributed by atoms with Crippen LogP contribution in [0, 0.1) is 17.7 Å². The highest BCUT2D eigenvalue weighted by atomic mass is 79.9. The third-order valence-corrected chi connectivity index (χ3v) is 4.71. The van der Waals surface area contributed by atoms with E-state index in [1.165, 1.54) is 18.2 Å². The van der Waals surface area contributed by atoms with Gasteiger partial charge in [0.05, 0.1) is 5.92 Å². The van der Waals surface area contributed by atoms with Crippen LogP contribution in [0.15, 0.2) is 22.7 Å². The van der Waals surface area contributed by atoms with E-state index >= 15 is 0 Å². The van der Waals surface area contributed by atoms with Crippen LogP contribution in [-0.2, 0) is 11.2 Å². The molecule has 1 aliphatic rings. The SMILES string of the molecule is O=C(Cc1ccc(F)cc1Br)C1CCCC(C(F)(F)F)C1. The van der Waals surface area contributed by atoms with Gasteiger partial charge in [0.15, 0.2) is 0 Å². The zero-order valence-electron chi connectivity index (χ0n) is 11.2. The molecule has 0 saturated heterocycles. The smallest absolute Gasteiger partial charge is 0.299 e. The Bertz CT molecular complexity index is 527. The number of alkyl halides is 3. The second-order valence-electron chi connectivity index (χ2n) is 5.48. The quantitative estimate of drug-likeness (QED) is 0.682. The van der Waals surface area contributed by atoms with Crippen molar-refractivity contribution in [2.24, 2.45) is 11.8 Å². The zero-order chi connectivity index (χ0) is 15.6.